The van der Waals surface area contributed by atoms with Gasteiger partial charge in [0.2, 0.25) is 0 Å². The number of hydrogen-bond donors (Lipinski definition) is 1. The first-order valence-electron chi connectivity index (χ1n) is 7.73. The summed E-state index contributed by atoms with van der Waals surface area (Å²) in [7, 11) is 0. The zero-order valence-corrected chi connectivity index (χ0v) is 15.3. The average molecular weight is 392 g/mol. The second-order valence-corrected chi connectivity index (χ2v) is 6.40. The summed E-state index contributed by atoms with van der Waals surface area (Å²) in [4.78, 5) is 2.48. The number of unbranched alkanes of at least 4 members (excludes halogenated alkanes) is 2. The number of nitrogens with one attached hydrogen (secondary N) is 1. The molecule has 0 saturated carbocycles. The van der Waals surface area contributed by atoms with Crippen LogP contribution in [0.3, 0.4) is 0 Å². The second kappa shape index (κ2) is 10.4. The Bertz CT molecular complexity index is 464. The summed E-state index contributed by atoms with van der Waals surface area (Å²) in [5.41, 5.74) is 1.08. The molecule has 0 aromatic heterocycles. The van der Waals surface area contributed by atoms with Crippen molar-refractivity contribution in [2.24, 2.45) is 0 Å². The van der Waals surface area contributed by atoms with E-state index in [2.05, 4.69) is 32.7 Å². The molecule has 1 heterocycles. The summed E-state index contributed by atoms with van der Waals surface area (Å²) < 4.78 is 14.7. The SMILES string of the molecule is C=CCCCC[C@@H](c1cc(F)ccc1Br)N1CCNCC1.Cl. The first-order valence-corrected chi connectivity index (χ1v) is 8.52. The van der Waals surface area contributed by atoms with E-state index in [4.69, 9.17) is 0 Å². The Balaban J connectivity index is 0.00000242. The van der Waals surface area contributed by atoms with Crippen molar-refractivity contribution in [3.8, 4) is 0 Å². The van der Waals surface area contributed by atoms with E-state index in [0.717, 1.165) is 61.9 Å². The van der Waals surface area contributed by atoms with E-state index in [-0.39, 0.29) is 18.2 Å². The Labute approximate surface area is 147 Å². The Kier molecular flexibility index (Phi) is 9.25. The van der Waals surface area contributed by atoms with Gasteiger partial charge in [-0.1, -0.05) is 28.4 Å². The number of benzene rings is 1. The molecule has 1 N–H and O–H groups in total. The van der Waals surface area contributed by atoms with Gasteiger partial charge in [0.25, 0.3) is 0 Å². The topological polar surface area (TPSA) is 15.3 Å². The Morgan fingerprint density at radius 3 is 2.73 bits per heavy atom. The number of allylic oxidation sites excluding steroid dienone is 1. The monoisotopic (exact) mass is 390 g/mol. The highest BCUT2D eigenvalue weighted by atomic mass is 79.9. The van der Waals surface area contributed by atoms with E-state index in [0.29, 0.717) is 6.04 Å². The lowest BCUT2D eigenvalue weighted by Crippen LogP contribution is -2.45. The van der Waals surface area contributed by atoms with Gasteiger partial charge in [0.05, 0.1) is 0 Å². The van der Waals surface area contributed by atoms with Gasteiger partial charge in [-0.2, -0.15) is 0 Å². The van der Waals surface area contributed by atoms with E-state index >= 15 is 0 Å². The minimum absolute atomic E-state index is 0. The molecule has 1 aliphatic heterocycles. The van der Waals surface area contributed by atoms with Gasteiger partial charge in [-0.15, -0.1) is 19.0 Å². The van der Waals surface area contributed by atoms with Gasteiger partial charge < -0.3 is 5.32 Å². The maximum atomic E-state index is 13.7. The zero-order chi connectivity index (χ0) is 15.1. The van der Waals surface area contributed by atoms with Crippen LogP contribution in [0.25, 0.3) is 0 Å². The van der Waals surface area contributed by atoms with Crippen LogP contribution in [0, 0.1) is 5.82 Å². The van der Waals surface area contributed by atoms with Gasteiger partial charge >= 0.3 is 0 Å². The average Bonchev–Trinajstić information content (AvgIpc) is 2.51. The summed E-state index contributed by atoms with van der Waals surface area (Å²) in [6.07, 6.45) is 6.38. The normalized spacial score (nSPS) is 16.8. The van der Waals surface area contributed by atoms with Gasteiger partial charge in [-0.05, 0) is 43.0 Å². The van der Waals surface area contributed by atoms with E-state index in [1.54, 1.807) is 6.07 Å². The molecular formula is C17H25BrClFN2. The highest BCUT2D eigenvalue weighted by Gasteiger charge is 2.23. The fourth-order valence-electron chi connectivity index (χ4n) is 2.92. The van der Waals surface area contributed by atoms with Crippen LogP contribution in [-0.4, -0.2) is 31.1 Å². The van der Waals surface area contributed by atoms with Crippen molar-refractivity contribution >= 4 is 28.3 Å². The molecule has 124 valence electrons. The van der Waals surface area contributed by atoms with Crippen molar-refractivity contribution in [1.29, 1.82) is 0 Å². The third kappa shape index (κ3) is 5.65. The van der Waals surface area contributed by atoms with Gasteiger partial charge in [0.1, 0.15) is 5.82 Å². The van der Waals surface area contributed by atoms with Crippen LogP contribution in [0.5, 0.6) is 0 Å². The molecule has 0 aliphatic carbocycles. The summed E-state index contributed by atoms with van der Waals surface area (Å²) in [6, 6.07) is 5.32. The van der Waals surface area contributed by atoms with Crippen molar-refractivity contribution in [3.05, 3.63) is 46.7 Å². The molecule has 1 aliphatic rings. The fraction of sp³-hybridized carbons (Fsp3) is 0.529. The summed E-state index contributed by atoms with van der Waals surface area (Å²) in [5.74, 6) is -0.153. The van der Waals surface area contributed by atoms with E-state index in [9.17, 15) is 4.39 Å². The van der Waals surface area contributed by atoms with Crippen molar-refractivity contribution in [2.45, 2.75) is 31.7 Å². The summed E-state index contributed by atoms with van der Waals surface area (Å²) in [5, 5.41) is 3.38. The number of nitrogens with zero attached hydrogens (tertiary/aromatic N) is 1. The minimum Gasteiger partial charge on any atom is -0.314 e. The third-order valence-corrected chi connectivity index (χ3v) is 4.77. The lowest BCUT2D eigenvalue weighted by molar-refractivity contribution is 0.162. The Morgan fingerprint density at radius 2 is 2.05 bits per heavy atom. The molecule has 1 atom stereocenters. The standard InChI is InChI=1S/C17H24BrFN2.ClH/c1-2-3-4-5-6-17(21-11-9-20-10-12-21)15-13-14(19)7-8-16(15)18;/h2,7-8,13,17,20H,1,3-6,9-12H2;1H/t17-;/m0./s1. The molecule has 1 aromatic carbocycles. The smallest absolute Gasteiger partial charge is 0.123 e. The van der Waals surface area contributed by atoms with Crippen LogP contribution in [0.15, 0.2) is 35.3 Å². The first kappa shape index (κ1) is 19.6. The first-order chi connectivity index (χ1) is 10.2. The Morgan fingerprint density at radius 1 is 1.32 bits per heavy atom. The van der Waals surface area contributed by atoms with Crippen LogP contribution in [0.2, 0.25) is 0 Å². The Hall–Kier alpha value is -0.420. The molecule has 2 rings (SSSR count). The summed E-state index contributed by atoms with van der Waals surface area (Å²) >= 11 is 3.60. The van der Waals surface area contributed by atoms with Crippen LogP contribution in [-0.2, 0) is 0 Å². The quantitative estimate of drug-likeness (QED) is 0.535. The van der Waals surface area contributed by atoms with E-state index < -0.39 is 0 Å². The number of rotatable bonds is 7. The second-order valence-electron chi connectivity index (χ2n) is 5.54. The molecule has 1 aromatic rings. The largest absolute Gasteiger partial charge is 0.314 e. The van der Waals surface area contributed by atoms with E-state index in [1.165, 1.54) is 6.07 Å². The van der Waals surface area contributed by atoms with Crippen LogP contribution < -0.4 is 5.32 Å². The molecule has 2 nitrogen and oxygen atoms in total. The number of piperazine rings is 1. The maximum Gasteiger partial charge on any atom is 0.123 e. The predicted molar refractivity (Wildman–Crippen MR) is 97.2 cm³/mol. The molecule has 0 radical (unpaired) electrons. The van der Waals surface area contributed by atoms with Crippen molar-refractivity contribution in [3.63, 3.8) is 0 Å². The zero-order valence-electron chi connectivity index (χ0n) is 12.9. The molecule has 5 heteroatoms. The van der Waals surface area contributed by atoms with Crippen LogP contribution in [0.1, 0.15) is 37.3 Å². The van der Waals surface area contributed by atoms with Crippen LogP contribution >= 0.6 is 28.3 Å². The van der Waals surface area contributed by atoms with Crippen LogP contribution in [0.4, 0.5) is 4.39 Å². The molecular weight excluding hydrogens is 367 g/mol. The molecule has 0 unspecified atom stereocenters. The number of halogens is 3. The van der Waals surface area contributed by atoms with Gasteiger partial charge in [-0.25, -0.2) is 4.39 Å². The van der Waals surface area contributed by atoms with Gasteiger partial charge in [0, 0.05) is 36.7 Å². The van der Waals surface area contributed by atoms with E-state index in [1.807, 2.05) is 12.1 Å². The number of hydrogen-bond acceptors (Lipinski definition) is 2. The molecule has 0 amide bonds. The third-order valence-electron chi connectivity index (χ3n) is 4.05. The molecule has 1 fully saturated rings. The van der Waals surface area contributed by atoms with Crippen molar-refractivity contribution in [2.75, 3.05) is 26.2 Å². The minimum atomic E-state index is -0.153. The highest BCUT2D eigenvalue weighted by Crippen LogP contribution is 2.32. The molecule has 0 spiro atoms. The fourth-order valence-corrected chi connectivity index (χ4v) is 3.44. The highest BCUT2D eigenvalue weighted by molar-refractivity contribution is 9.10. The molecule has 0 bridgehead atoms. The predicted octanol–water partition coefficient (Wildman–Crippen LogP) is 4.70. The maximum absolute atomic E-state index is 13.7. The summed E-state index contributed by atoms with van der Waals surface area (Å²) in [6.45, 7) is 7.84. The lowest BCUT2D eigenvalue weighted by atomic mass is 9.98. The van der Waals surface area contributed by atoms with Crippen molar-refractivity contribution in [1.82, 2.24) is 10.2 Å². The molecule has 22 heavy (non-hydrogen) atoms. The lowest BCUT2D eigenvalue weighted by Gasteiger charge is -2.36. The van der Waals surface area contributed by atoms with Gasteiger partial charge in [-0.3, -0.25) is 4.90 Å². The van der Waals surface area contributed by atoms with Gasteiger partial charge in [0.15, 0.2) is 0 Å². The molecule has 1 saturated heterocycles. The van der Waals surface area contributed by atoms with Crippen molar-refractivity contribution < 1.29 is 4.39 Å².